The zero-order chi connectivity index (χ0) is 19.6. The molecule has 4 nitrogen and oxygen atoms in total. The highest BCUT2D eigenvalue weighted by Crippen LogP contribution is 2.34. The molecule has 1 aliphatic rings. The Labute approximate surface area is 159 Å². The maximum absolute atomic E-state index is 13.8. The number of fused-ring (bicyclic) bond motifs is 1. The van der Waals surface area contributed by atoms with E-state index in [4.69, 9.17) is 5.10 Å². The van der Waals surface area contributed by atoms with Crippen LogP contribution in [-0.2, 0) is 7.05 Å². The lowest BCUT2D eigenvalue weighted by Gasteiger charge is -2.34. The molecule has 1 N–H and O–H groups in total. The van der Waals surface area contributed by atoms with Gasteiger partial charge in [-0.2, -0.15) is 5.10 Å². The predicted molar refractivity (Wildman–Crippen MR) is 107 cm³/mol. The van der Waals surface area contributed by atoms with Crippen molar-refractivity contribution in [3.63, 3.8) is 0 Å². The molecule has 146 valence electrons. The highest BCUT2D eigenvalue weighted by Gasteiger charge is 2.35. The number of aryl methyl sites for hydroxylation is 1. The van der Waals surface area contributed by atoms with Crippen LogP contribution in [0.1, 0.15) is 44.2 Å². The van der Waals surface area contributed by atoms with Gasteiger partial charge in [0.2, 0.25) is 0 Å². The molecule has 1 unspecified atom stereocenters. The van der Waals surface area contributed by atoms with Gasteiger partial charge in [-0.1, -0.05) is 20.1 Å². The van der Waals surface area contributed by atoms with Crippen LogP contribution in [0.15, 0.2) is 43.3 Å². The van der Waals surface area contributed by atoms with E-state index in [1.165, 1.54) is 0 Å². The van der Waals surface area contributed by atoms with Crippen molar-refractivity contribution in [1.82, 2.24) is 15.1 Å². The minimum Gasteiger partial charge on any atom is -0.366 e. The van der Waals surface area contributed by atoms with Gasteiger partial charge in [-0.15, -0.1) is 0 Å². The zero-order valence-corrected chi connectivity index (χ0v) is 16.1. The first-order chi connectivity index (χ1) is 12.8. The zero-order valence-electron chi connectivity index (χ0n) is 16.1. The average molecular weight is 374 g/mol. The summed E-state index contributed by atoms with van der Waals surface area (Å²) < 4.78 is 29.4. The number of piperidine rings is 1. The van der Waals surface area contributed by atoms with Crippen LogP contribution in [0.4, 0.5) is 14.5 Å². The van der Waals surface area contributed by atoms with Crippen LogP contribution in [-0.4, -0.2) is 28.8 Å². The molecule has 1 aliphatic heterocycles. The molecule has 6 heteroatoms. The Hall–Kier alpha value is -2.37. The molecule has 1 atom stereocenters. The van der Waals surface area contributed by atoms with Gasteiger partial charge in [-0.3, -0.25) is 4.68 Å². The Bertz CT molecular complexity index is 840. The Kier molecular flexibility index (Phi) is 5.53. The number of nitrogens with one attached hydrogen (secondary N) is 1. The maximum atomic E-state index is 13.8. The first kappa shape index (κ1) is 19.4. The number of halogens is 2. The van der Waals surface area contributed by atoms with Crippen molar-refractivity contribution in [2.24, 2.45) is 7.05 Å². The fourth-order valence-electron chi connectivity index (χ4n) is 3.76. The quantitative estimate of drug-likeness (QED) is 0.745. The number of anilines is 1. The van der Waals surface area contributed by atoms with Gasteiger partial charge in [-0.05, 0) is 43.7 Å². The van der Waals surface area contributed by atoms with Gasteiger partial charge in [0.15, 0.2) is 0 Å². The highest BCUT2D eigenvalue weighted by molar-refractivity contribution is 5.86. The van der Waals surface area contributed by atoms with Crippen molar-refractivity contribution in [3.8, 4) is 0 Å². The summed E-state index contributed by atoms with van der Waals surface area (Å²) in [6, 6.07) is 5.95. The van der Waals surface area contributed by atoms with Gasteiger partial charge >= 0.3 is 0 Å². The van der Waals surface area contributed by atoms with Gasteiger partial charge in [-0.25, -0.2) is 8.78 Å². The molecule has 0 amide bonds. The minimum atomic E-state index is -2.61. The molecular formula is C21H28F2N4. The van der Waals surface area contributed by atoms with Crippen molar-refractivity contribution < 1.29 is 8.78 Å². The molecule has 1 saturated heterocycles. The molecule has 1 aromatic carbocycles. The second kappa shape index (κ2) is 7.71. The van der Waals surface area contributed by atoms with Gasteiger partial charge < -0.3 is 10.2 Å². The Morgan fingerprint density at radius 1 is 1.44 bits per heavy atom. The summed E-state index contributed by atoms with van der Waals surface area (Å²) in [5, 5.41) is 8.81. The second-order valence-electron chi connectivity index (χ2n) is 7.48. The number of benzene rings is 1. The smallest absolute Gasteiger partial charge is 0.265 e. The van der Waals surface area contributed by atoms with E-state index in [-0.39, 0.29) is 18.9 Å². The fraction of sp³-hybridized carbons (Fsp3) is 0.476. The van der Waals surface area contributed by atoms with Gasteiger partial charge in [0.1, 0.15) is 0 Å². The van der Waals surface area contributed by atoms with Crippen LogP contribution in [0.2, 0.25) is 0 Å². The summed E-state index contributed by atoms with van der Waals surface area (Å²) >= 11 is 0. The predicted octanol–water partition coefficient (Wildman–Crippen LogP) is 4.94. The molecule has 3 rings (SSSR count). The topological polar surface area (TPSA) is 33.1 Å². The van der Waals surface area contributed by atoms with E-state index in [1.807, 2.05) is 29.9 Å². The van der Waals surface area contributed by atoms with E-state index in [0.29, 0.717) is 13.0 Å². The van der Waals surface area contributed by atoms with E-state index in [9.17, 15) is 8.78 Å². The lowest BCUT2D eigenvalue weighted by atomic mass is 9.97. The molecule has 27 heavy (non-hydrogen) atoms. The van der Waals surface area contributed by atoms with Crippen LogP contribution >= 0.6 is 0 Å². The van der Waals surface area contributed by atoms with Gasteiger partial charge in [0, 0.05) is 42.7 Å². The molecule has 0 saturated carbocycles. The SMILES string of the molecule is C=CNC(=C)CCC(C)c1nn(C)c2cc(N3CCCC(F)(F)C3)ccc12. The number of nitrogens with zero attached hydrogens (tertiary/aromatic N) is 3. The summed E-state index contributed by atoms with van der Waals surface area (Å²) in [5.74, 6) is -2.34. The summed E-state index contributed by atoms with van der Waals surface area (Å²) in [7, 11) is 1.91. The first-order valence-electron chi connectivity index (χ1n) is 9.45. The Morgan fingerprint density at radius 3 is 2.93 bits per heavy atom. The molecule has 1 aromatic heterocycles. The van der Waals surface area contributed by atoms with Crippen molar-refractivity contribution in [2.45, 2.75) is 44.4 Å². The molecule has 0 radical (unpaired) electrons. The Morgan fingerprint density at radius 2 is 2.22 bits per heavy atom. The van der Waals surface area contributed by atoms with Crippen molar-refractivity contribution in [2.75, 3.05) is 18.0 Å². The largest absolute Gasteiger partial charge is 0.366 e. The number of allylic oxidation sites excluding steroid dienone is 1. The molecule has 1 fully saturated rings. The first-order valence-corrected chi connectivity index (χ1v) is 9.45. The number of hydrogen-bond acceptors (Lipinski definition) is 3. The van der Waals surface area contributed by atoms with Crippen molar-refractivity contribution in [1.29, 1.82) is 0 Å². The third-order valence-corrected chi connectivity index (χ3v) is 5.27. The van der Waals surface area contributed by atoms with Crippen molar-refractivity contribution >= 4 is 16.6 Å². The third-order valence-electron chi connectivity index (χ3n) is 5.27. The van der Waals surface area contributed by atoms with E-state index in [0.717, 1.165) is 40.8 Å². The third kappa shape index (κ3) is 4.31. The normalized spacial score (nSPS) is 17.7. The minimum absolute atomic E-state index is 0.0227. The molecule has 0 bridgehead atoms. The van der Waals surface area contributed by atoms with Crippen LogP contribution in [0, 0.1) is 0 Å². The van der Waals surface area contributed by atoms with Crippen LogP contribution < -0.4 is 10.2 Å². The standard InChI is InChI=1S/C21H28F2N4/c1-5-24-16(3)8-7-15(2)20-18-10-9-17(13-19(18)26(4)25-20)27-12-6-11-21(22,23)14-27/h5,9-10,13,15,24H,1,3,6-8,11-12,14H2,2,4H3. The molecular weight excluding hydrogens is 346 g/mol. The van der Waals surface area contributed by atoms with Crippen LogP contribution in [0.5, 0.6) is 0 Å². The van der Waals surface area contributed by atoms with Gasteiger partial charge in [0.05, 0.1) is 17.8 Å². The molecule has 2 heterocycles. The fourth-order valence-corrected chi connectivity index (χ4v) is 3.76. The van der Waals surface area contributed by atoms with E-state index in [1.54, 1.807) is 11.1 Å². The van der Waals surface area contributed by atoms with E-state index in [2.05, 4.69) is 25.4 Å². The van der Waals surface area contributed by atoms with E-state index >= 15 is 0 Å². The number of hydrogen-bond donors (Lipinski definition) is 1. The second-order valence-corrected chi connectivity index (χ2v) is 7.48. The Balaban J connectivity index is 1.81. The average Bonchev–Trinajstić information content (AvgIpc) is 2.95. The molecule has 2 aromatic rings. The number of aromatic nitrogens is 2. The summed E-state index contributed by atoms with van der Waals surface area (Å²) in [6.07, 6.45) is 3.89. The summed E-state index contributed by atoms with van der Waals surface area (Å²) in [4.78, 5) is 1.78. The molecule has 0 aliphatic carbocycles. The molecule has 0 spiro atoms. The van der Waals surface area contributed by atoms with Gasteiger partial charge in [0.25, 0.3) is 5.92 Å². The summed E-state index contributed by atoms with van der Waals surface area (Å²) in [6.45, 7) is 10.2. The lowest BCUT2D eigenvalue weighted by Crippen LogP contribution is -2.42. The van der Waals surface area contributed by atoms with E-state index < -0.39 is 5.92 Å². The lowest BCUT2D eigenvalue weighted by molar-refractivity contribution is -0.0116. The maximum Gasteiger partial charge on any atom is 0.265 e. The van der Waals surface area contributed by atoms with Crippen LogP contribution in [0.25, 0.3) is 10.9 Å². The highest BCUT2D eigenvalue weighted by atomic mass is 19.3. The number of rotatable bonds is 7. The monoisotopic (exact) mass is 374 g/mol. The summed E-state index contributed by atoms with van der Waals surface area (Å²) in [5.41, 5.74) is 3.79. The van der Waals surface area contributed by atoms with Crippen molar-refractivity contribution in [3.05, 3.63) is 48.9 Å². The van der Waals surface area contributed by atoms with Crippen LogP contribution in [0.3, 0.4) is 0 Å². The number of alkyl halides is 2.